The molecule has 1 aliphatic rings. The van der Waals surface area contributed by atoms with Gasteiger partial charge in [-0.05, 0) is 43.7 Å². The van der Waals surface area contributed by atoms with Crippen molar-refractivity contribution in [3.63, 3.8) is 0 Å². The minimum Gasteiger partial charge on any atom is -0.494 e. The molecule has 0 saturated heterocycles. The summed E-state index contributed by atoms with van der Waals surface area (Å²) < 4.78 is 43.5. The van der Waals surface area contributed by atoms with Gasteiger partial charge in [-0.25, -0.2) is 9.79 Å². The fourth-order valence-corrected chi connectivity index (χ4v) is 5.60. The van der Waals surface area contributed by atoms with E-state index in [1.54, 1.807) is 49.4 Å². The van der Waals surface area contributed by atoms with Gasteiger partial charge in [0.25, 0.3) is 5.56 Å². The van der Waals surface area contributed by atoms with Gasteiger partial charge in [0.2, 0.25) is 0 Å². The van der Waals surface area contributed by atoms with Crippen molar-refractivity contribution in [2.45, 2.75) is 26.5 Å². The standard InChI is InChI=1S/C31H26F2N2O5S/c1-3-38-22-16-14-20(15-17-22)27-25(29(37)39-4-2)26(19-10-6-5-7-11-19)34-31-35(27)28(36)24(41-31)18-21-12-8-9-13-23(21)40-30(32)33/h5-18,27,30H,3-4H2,1-2H3/b24-18-/t27-/m0/s1. The van der Waals surface area contributed by atoms with Crippen molar-refractivity contribution >= 4 is 29.1 Å². The highest BCUT2D eigenvalue weighted by atomic mass is 32.1. The second-order valence-electron chi connectivity index (χ2n) is 8.85. The van der Waals surface area contributed by atoms with Crippen LogP contribution in [0.3, 0.4) is 0 Å². The van der Waals surface area contributed by atoms with Gasteiger partial charge in [0.05, 0.1) is 35.1 Å². The highest BCUT2D eigenvalue weighted by Gasteiger charge is 2.35. The molecule has 4 aromatic rings. The Labute approximate surface area is 238 Å². The molecule has 210 valence electrons. The number of aromatic nitrogens is 1. The first-order valence-corrected chi connectivity index (χ1v) is 13.8. The van der Waals surface area contributed by atoms with E-state index in [-0.39, 0.29) is 22.5 Å². The van der Waals surface area contributed by atoms with E-state index in [1.807, 2.05) is 37.3 Å². The molecule has 5 rings (SSSR count). The van der Waals surface area contributed by atoms with Gasteiger partial charge in [-0.3, -0.25) is 9.36 Å². The van der Waals surface area contributed by atoms with Crippen molar-refractivity contribution in [1.29, 1.82) is 0 Å². The monoisotopic (exact) mass is 576 g/mol. The van der Waals surface area contributed by atoms with Crippen molar-refractivity contribution < 1.29 is 27.8 Å². The van der Waals surface area contributed by atoms with Gasteiger partial charge in [-0.15, -0.1) is 0 Å². The van der Waals surface area contributed by atoms with Crippen LogP contribution in [0.1, 0.15) is 36.6 Å². The van der Waals surface area contributed by atoms with Gasteiger partial charge in [-0.2, -0.15) is 8.78 Å². The summed E-state index contributed by atoms with van der Waals surface area (Å²) in [4.78, 5) is 32.6. The average Bonchev–Trinajstić information content (AvgIpc) is 3.28. The van der Waals surface area contributed by atoms with E-state index < -0.39 is 24.2 Å². The second kappa shape index (κ2) is 12.3. The lowest BCUT2D eigenvalue weighted by atomic mass is 9.93. The van der Waals surface area contributed by atoms with Crippen LogP contribution in [0.4, 0.5) is 8.78 Å². The number of hydrogen-bond donors (Lipinski definition) is 0. The largest absolute Gasteiger partial charge is 0.494 e. The zero-order valence-electron chi connectivity index (χ0n) is 22.3. The third-order valence-corrected chi connectivity index (χ3v) is 7.29. The van der Waals surface area contributed by atoms with Crippen LogP contribution < -0.4 is 24.4 Å². The predicted octanol–water partition coefficient (Wildman–Crippen LogP) is 4.94. The summed E-state index contributed by atoms with van der Waals surface area (Å²) in [5, 5.41) is 0. The number of alkyl halides is 2. The smallest absolute Gasteiger partial charge is 0.387 e. The Kier molecular flexibility index (Phi) is 8.39. The molecule has 41 heavy (non-hydrogen) atoms. The van der Waals surface area contributed by atoms with Crippen LogP contribution in [0.5, 0.6) is 11.5 Å². The van der Waals surface area contributed by atoms with Crippen molar-refractivity contribution in [3.8, 4) is 11.5 Å². The van der Waals surface area contributed by atoms with Crippen LogP contribution in [0.25, 0.3) is 11.8 Å². The van der Waals surface area contributed by atoms with Crippen LogP contribution in [0, 0.1) is 0 Å². The van der Waals surface area contributed by atoms with E-state index in [9.17, 15) is 18.4 Å². The Morgan fingerprint density at radius 3 is 2.39 bits per heavy atom. The first-order chi connectivity index (χ1) is 19.9. The molecule has 0 fully saturated rings. The molecule has 0 radical (unpaired) electrons. The number of esters is 1. The number of carbonyl (C=O) groups excluding carboxylic acids is 1. The number of nitrogens with zero attached hydrogens (tertiary/aromatic N) is 2. The molecule has 0 unspecified atom stereocenters. The number of halogens is 2. The fraction of sp³-hybridized carbons (Fsp3) is 0.194. The Bertz CT molecular complexity index is 1760. The molecule has 0 aliphatic carbocycles. The Hall–Kier alpha value is -4.57. The normalized spacial score (nSPS) is 15.0. The number of fused-ring (bicyclic) bond motifs is 1. The number of benzene rings is 3. The summed E-state index contributed by atoms with van der Waals surface area (Å²) in [7, 11) is 0. The summed E-state index contributed by atoms with van der Waals surface area (Å²) in [6, 6.07) is 21.7. The van der Waals surface area contributed by atoms with Crippen LogP contribution in [-0.4, -0.2) is 30.4 Å². The van der Waals surface area contributed by atoms with E-state index in [4.69, 9.17) is 14.5 Å². The molecule has 1 aliphatic heterocycles. The number of ether oxygens (including phenoxy) is 3. The molecule has 1 aromatic heterocycles. The minimum atomic E-state index is -3.02. The maximum Gasteiger partial charge on any atom is 0.387 e. The van der Waals surface area contributed by atoms with E-state index in [0.29, 0.717) is 39.5 Å². The van der Waals surface area contributed by atoms with Crippen LogP contribution in [-0.2, 0) is 9.53 Å². The van der Waals surface area contributed by atoms with Crippen molar-refractivity contribution in [2.75, 3.05) is 13.2 Å². The molecule has 0 bridgehead atoms. The summed E-state index contributed by atoms with van der Waals surface area (Å²) in [6.07, 6.45) is 1.49. The van der Waals surface area contributed by atoms with Gasteiger partial charge >= 0.3 is 12.6 Å². The summed E-state index contributed by atoms with van der Waals surface area (Å²) in [6.45, 7) is 1.18. The van der Waals surface area contributed by atoms with Crippen molar-refractivity contribution in [2.24, 2.45) is 4.99 Å². The van der Waals surface area contributed by atoms with E-state index in [0.717, 1.165) is 11.3 Å². The third kappa shape index (κ3) is 5.83. The van der Waals surface area contributed by atoms with Crippen molar-refractivity contribution in [3.05, 3.63) is 121 Å². The maximum atomic E-state index is 14.0. The maximum absolute atomic E-state index is 14.0. The highest BCUT2D eigenvalue weighted by molar-refractivity contribution is 7.07. The lowest BCUT2D eigenvalue weighted by Crippen LogP contribution is -2.40. The summed E-state index contributed by atoms with van der Waals surface area (Å²) in [5.41, 5.74) is 1.80. The van der Waals surface area contributed by atoms with Gasteiger partial charge in [0.1, 0.15) is 11.5 Å². The predicted molar refractivity (Wildman–Crippen MR) is 152 cm³/mol. The molecule has 7 nitrogen and oxygen atoms in total. The molecular weight excluding hydrogens is 550 g/mol. The molecule has 0 amide bonds. The SMILES string of the molecule is CCOC(=O)C1=C(c2ccccc2)N=c2s/c(=C\c3ccccc3OC(F)F)c(=O)n2[C@H]1c1ccc(OCC)cc1. The van der Waals surface area contributed by atoms with Gasteiger partial charge < -0.3 is 14.2 Å². The van der Waals surface area contributed by atoms with Gasteiger partial charge in [0, 0.05) is 11.1 Å². The summed E-state index contributed by atoms with van der Waals surface area (Å²) >= 11 is 1.09. The molecule has 10 heteroatoms. The number of para-hydroxylation sites is 1. The number of rotatable bonds is 9. The first-order valence-electron chi connectivity index (χ1n) is 13.0. The number of hydrogen-bond acceptors (Lipinski definition) is 7. The van der Waals surface area contributed by atoms with Gasteiger partial charge in [-0.1, -0.05) is 72.0 Å². The van der Waals surface area contributed by atoms with Crippen molar-refractivity contribution in [1.82, 2.24) is 4.57 Å². The fourth-order valence-electron chi connectivity index (χ4n) is 4.61. The second-order valence-corrected chi connectivity index (χ2v) is 9.86. The molecule has 0 saturated carbocycles. The zero-order chi connectivity index (χ0) is 28.9. The summed E-state index contributed by atoms with van der Waals surface area (Å²) in [5.74, 6) is -0.0169. The number of carbonyl (C=O) groups is 1. The topological polar surface area (TPSA) is 79.1 Å². The van der Waals surface area contributed by atoms with Crippen LogP contribution in [0.2, 0.25) is 0 Å². The average molecular weight is 577 g/mol. The highest BCUT2D eigenvalue weighted by Crippen LogP contribution is 2.35. The minimum absolute atomic E-state index is 0.0615. The zero-order valence-corrected chi connectivity index (χ0v) is 23.1. The molecule has 1 atom stereocenters. The van der Waals surface area contributed by atoms with E-state index in [1.165, 1.54) is 16.7 Å². The van der Waals surface area contributed by atoms with Crippen LogP contribution >= 0.6 is 11.3 Å². The Morgan fingerprint density at radius 2 is 1.71 bits per heavy atom. The third-order valence-electron chi connectivity index (χ3n) is 6.30. The molecule has 0 spiro atoms. The quantitative estimate of drug-likeness (QED) is 0.264. The lowest BCUT2D eigenvalue weighted by Gasteiger charge is -2.26. The molecular formula is C31H26F2N2O5S. The lowest BCUT2D eigenvalue weighted by molar-refractivity contribution is -0.138. The molecule has 3 aromatic carbocycles. The van der Waals surface area contributed by atoms with E-state index in [2.05, 4.69) is 4.74 Å². The van der Waals surface area contributed by atoms with Crippen LogP contribution in [0.15, 0.2) is 94.2 Å². The molecule has 2 heterocycles. The Balaban J connectivity index is 1.78. The Morgan fingerprint density at radius 1 is 1.00 bits per heavy atom. The molecule has 0 N–H and O–H groups in total. The van der Waals surface area contributed by atoms with E-state index >= 15 is 0 Å². The number of thiazole rings is 1. The van der Waals surface area contributed by atoms with Gasteiger partial charge in [0.15, 0.2) is 4.80 Å². The first kappa shape index (κ1) is 28.0.